The van der Waals surface area contributed by atoms with Gasteiger partial charge in [0.15, 0.2) is 5.76 Å². The second-order valence-corrected chi connectivity index (χ2v) is 10.8. The Labute approximate surface area is 238 Å². The van der Waals surface area contributed by atoms with Crippen molar-refractivity contribution in [3.63, 3.8) is 0 Å². The van der Waals surface area contributed by atoms with E-state index in [-0.39, 0.29) is 30.2 Å². The first-order chi connectivity index (χ1) is 19.5. The number of aryl methyl sites for hydroxylation is 1. The van der Waals surface area contributed by atoms with Gasteiger partial charge in [-0.1, -0.05) is 66.9 Å². The number of aromatic nitrogens is 1. The van der Waals surface area contributed by atoms with E-state index in [9.17, 15) is 9.59 Å². The minimum Gasteiger partial charge on any atom is -0.459 e. The van der Waals surface area contributed by atoms with Gasteiger partial charge in [-0.15, -0.1) is 0 Å². The van der Waals surface area contributed by atoms with Crippen LogP contribution in [0.15, 0.2) is 89.5 Å². The summed E-state index contributed by atoms with van der Waals surface area (Å²) in [4.78, 5) is 29.8. The smallest absolute Gasteiger partial charge is 0.290 e. The maximum absolute atomic E-state index is 14.2. The van der Waals surface area contributed by atoms with Gasteiger partial charge in [0.1, 0.15) is 6.04 Å². The van der Waals surface area contributed by atoms with Crippen LogP contribution in [0, 0.1) is 0 Å². The van der Waals surface area contributed by atoms with E-state index in [2.05, 4.69) is 41.1 Å². The number of amides is 2. The summed E-state index contributed by atoms with van der Waals surface area (Å²) in [6.07, 6.45) is 5.54. The molecule has 6 rings (SSSR count). The van der Waals surface area contributed by atoms with Crippen LogP contribution in [0.4, 0.5) is 0 Å². The topological polar surface area (TPSA) is 67.5 Å². The molecule has 1 aliphatic carbocycles. The lowest BCUT2D eigenvalue weighted by molar-refractivity contribution is -0.126. The zero-order valence-corrected chi connectivity index (χ0v) is 23.2. The number of hydrogen-bond acceptors (Lipinski definition) is 3. The molecule has 0 radical (unpaired) electrons. The van der Waals surface area contributed by atoms with E-state index in [4.69, 9.17) is 16.0 Å². The maximum atomic E-state index is 14.2. The van der Waals surface area contributed by atoms with Crippen molar-refractivity contribution in [3.05, 3.63) is 107 Å². The monoisotopic (exact) mass is 553 g/mol. The number of para-hydroxylation sites is 1. The summed E-state index contributed by atoms with van der Waals surface area (Å²) in [6.45, 7) is 3.10. The number of fused-ring (bicyclic) bond motifs is 3. The average Bonchev–Trinajstić information content (AvgIpc) is 3.74. The van der Waals surface area contributed by atoms with Crippen molar-refractivity contribution in [2.24, 2.45) is 0 Å². The minimum atomic E-state index is -0.886. The summed E-state index contributed by atoms with van der Waals surface area (Å²) < 4.78 is 7.81. The van der Waals surface area contributed by atoms with Gasteiger partial charge in [0, 0.05) is 46.0 Å². The third-order valence-corrected chi connectivity index (χ3v) is 8.35. The van der Waals surface area contributed by atoms with E-state index in [1.807, 2.05) is 36.4 Å². The molecule has 7 heteroatoms. The zero-order chi connectivity index (χ0) is 27.6. The van der Waals surface area contributed by atoms with Gasteiger partial charge in [0.2, 0.25) is 5.91 Å². The zero-order valence-electron chi connectivity index (χ0n) is 22.5. The van der Waals surface area contributed by atoms with E-state index in [0.717, 1.165) is 65.2 Å². The van der Waals surface area contributed by atoms with Crippen LogP contribution in [0.1, 0.15) is 60.3 Å². The molecule has 40 heavy (non-hydrogen) atoms. The molecule has 6 nitrogen and oxygen atoms in total. The van der Waals surface area contributed by atoms with Crippen molar-refractivity contribution in [2.45, 2.75) is 57.8 Å². The molecule has 0 aliphatic heterocycles. The Balaban J connectivity index is 1.51. The molecule has 0 spiro atoms. The van der Waals surface area contributed by atoms with Crippen molar-refractivity contribution in [1.29, 1.82) is 0 Å². The van der Waals surface area contributed by atoms with Gasteiger partial charge in [-0.3, -0.25) is 9.59 Å². The number of halogens is 1. The fraction of sp³-hybridized carbons (Fsp3) is 0.273. The first-order valence-electron chi connectivity index (χ1n) is 13.9. The number of rotatable bonds is 8. The SMILES string of the molecule is CCn1c2ccccc2c2cc([C@H](C(=O)NC3CCCC3)N(Cc3ccccc3Cl)C(=O)c3ccco3)ccc21. The van der Waals surface area contributed by atoms with Gasteiger partial charge in [0.05, 0.1) is 6.26 Å². The lowest BCUT2D eigenvalue weighted by Gasteiger charge is -2.32. The standard InChI is InChI=1S/C33H32ClN3O3/c1-2-36-28-15-8-6-13-25(28)26-20-22(17-18-29(26)36)31(32(38)35-24-11-4-5-12-24)37(33(39)30-16-9-19-40-30)21-23-10-3-7-14-27(23)34/h3,6-10,13-20,24,31H,2,4-5,11-12,21H2,1H3,(H,35,38)/t31-/m1/s1. The van der Waals surface area contributed by atoms with E-state index >= 15 is 0 Å². The molecule has 1 atom stereocenters. The molecule has 1 aliphatic rings. The molecule has 0 saturated heterocycles. The molecule has 2 amide bonds. The lowest BCUT2D eigenvalue weighted by Crippen LogP contribution is -2.45. The van der Waals surface area contributed by atoms with E-state index in [1.54, 1.807) is 23.1 Å². The Hall–Kier alpha value is -4.03. The predicted molar refractivity (Wildman–Crippen MR) is 158 cm³/mol. The van der Waals surface area contributed by atoms with E-state index in [0.29, 0.717) is 5.02 Å². The molecule has 5 aromatic rings. The van der Waals surface area contributed by atoms with E-state index in [1.165, 1.54) is 6.26 Å². The highest BCUT2D eigenvalue weighted by atomic mass is 35.5. The molecule has 3 aromatic carbocycles. The van der Waals surface area contributed by atoms with Gasteiger partial charge >= 0.3 is 0 Å². The summed E-state index contributed by atoms with van der Waals surface area (Å²) in [7, 11) is 0. The average molecular weight is 554 g/mol. The molecule has 204 valence electrons. The van der Waals surface area contributed by atoms with Gasteiger partial charge < -0.3 is 19.2 Å². The third kappa shape index (κ3) is 4.88. The summed E-state index contributed by atoms with van der Waals surface area (Å²) >= 11 is 6.56. The fourth-order valence-electron chi connectivity index (χ4n) is 6.04. The van der Waals surface area contributed by atoms with Gasteiger partial charge in [-0.2, -0.15) is 0 Å². The number of carbonyl (C=O) groups is 2. The molecule has 1 fully saturated rings. The Morgan fingerprint density at radius 1 is 0.975 bits per heavy atom. The molecule has 1 saturated carbocycles. The van der Waals surface area contributed by atoms with Crippen LogP contribution in [0.5, 0.6) is 0 Å². The number of nitrogens with zero attached hydrogens (tertiary/aromatic N) is 2. The quantitative estimate of drug-likeness (QED) is 0.216. The molecule has 2 heterocycles. The highest BCUT2D eigenvalue weighted by molar-refractivity contribution is 6.31. The highest BCUT2D eigenvalue weighted by Crippen LogP contribution is 2.35. The van der Waals surface area contributed by atoms with Crippen molar-refractivity contribution < 1.29 is 14.0 Å². The van der Waals surface area contributed by atoms with Crippen LogP contribution in [0.2, 0.25) is 5.02 Å². The molecule has 0 unspecified atom stereocenters. The number of benzene rings is 3. The van der Waals surface area contributed by atoms with Crippen LogP contribution in [-0.4, -0.2) is 27.3 Å². The second-order valence-electron chi connectivity index (χ2n) is 10.4. The van der Waals surface area contributed by atoms with Crippen molar-refractivity contribution in [1.82, 2.24) is 14.8 Å². The first-order valence-corrected chi connectivity index (χ1v) is 14.3. The molecular formula is C33H32ClN3O3. The van der Waals surface area contributed by atoms with Crippen molar-refractivity contribution in [3.8, 4) is 0 Å². The molecule has 1 N–H and O–H groups in total. The van der Waals surface area contributed by atoms with Gasteiger partial charge in [-0.25, -0.2) is 0 Å². The van der Waals surface area contributed by atoms with Crippen LogP contribution in [0.3, 0.4) is 0 Å². The van der Waals surface area contributed by atoms with Crippen LogP contribution < -0.4 is 5.32 Å². The van der Waals surface area contributed by atoms with Crippen molar-refractivity contribution in [2.75, 3.05) is 0 Å². The summed E-state index contributed by atoms with van der Waals surface area (Å²) in [5.74, 6) is -0.389. The number of carbonyl (C=O) groups excluding carboxylic acids is 2. The third-order valence-electron chi connectivity index (χ3n) is 7.98. The number of nitrogens with one attached hydrogen (secondary N) is 1. The van der Waals surface area contributed by atoms with Gasteiger partial charge in [0.25, 0.3) is 5.91 Å². The van der Waals surface area contributed by atoms with E-state index < -0.39 is 6.04 Å². The summed E-state index contributed by atoms with van der Waals surface area (Å²) in [5, 5.41) is 5.97. The number of hydrogen-bond donors (Lipinski definition) is 1. The number of furan rings is 1. The van der Waals surface area contributed by atoms with Crippen LogP contribution >= 0.6 is 11.6 Å². The summed E-state index contributed by atoms with van der Waals surface area (Å²) in [5.41, 5.74) is 3.74. The highest BCUT2D eigenvalue weighted by Gasteiger charge is 2.35. The Kier molecular flexibility index (Phi) is 7.35. The first kappa shape index (κ1) is 26.2. The molecular weight excluding hydrogens is 522 g/mol. The Morgan fingerprint density at radius 2 is 1.73 bits per heavy atom. The minimum absolute atomic E-state index is 0.0987. The maximum Gasteiger partial charge on any atom is 0.290 e. The Bertz CT molecular complexity index is 1670. The van der Waals surface area contributed by atoms with Gasteiger partial charge in [-0.05, 0) is 67.3 Å². The fourth-order valence-corrected chi connectivity index (χ4v) is 6.23. The van der Waals surface area contributed by atoms with Crippen molar-refractivity contribution >= 4 is 45.2 Å². The van der Waals surface area contributed by atoms with Crippen LogP contribution in [0.25, 0.3) is 21.8 Å². The predicted octanol–water partition coefficient (Wildman–Crippen LogP) is 7.50. The second kappa shape index (κ2) is 11.2. The Morgan fingerprint density at radius 3 is 2.48 bits per heavy atom. The van der Waals surface area contributed by atoms with Crippen LogP contribution in [-0.2, 0) is 17.9 Å². The lowest BCUT2D eigenvalue weighted by atomic mass is 9.99. The normalized spacial score (nSPS) is 14.6. The largest absolute Gasteiger partial charge is 0.459 e. The summed E-state index contributed by atoms with van der Waals surface area (Å²) in [6, 6.07) is 24.3. The molecule has 2 aromatic heterocycles. The molecule has 0 bridgehead atoms.